The number of halogens is 1. The number of hydrazone groups is 1. The Morgan fingerprint density at radius 3 is 2.55 bits per heavy atom. The van der Waals surface area contributed by atoms with E-state index in [1.54, 1.807) is 24.3 Å². The van der Waals surface area contributed by atoms with Gasteiger partial charge in [-0.05, 0) is 22.9 Å². The van der Waals surface area contributed by atoms with Gasteiger partial charge in [-0.15, -0.1) is 0 Å². The maximum atomic E-state index is 13.4. The molecule has 0 atom stereocenters. The number of hydrogen-bond donors (Lipinski definition) is 1. The molecule has 0 radical (unpaired) electrons. The van der Waals surface area contributed by atoms with Crippen molar-refractivity contribution in [1.29, 1.82) is 0 Å². The molecule has 108 valence electrons. The molecule has 0 aliphatic carbocycles. The van der Waals surface area contributed by atoms with Crippen LogP contribution in [-0.4, -0.2) is 12.1 Å². The van der Waals surface area contributed by atoms with E-state index in [9.17, 15) is 9.18 Å². The molecule has 0 unspecified atom stereocenters. The SMILES string of the molecule is O=C(NN=Cc1ccccc1F)c1cccc2ccccc12. The molecule has 3 nitrogen and oxygen atoms in total. The van der Waals surface area contributed by atoms with Gasteiger partial charge in [-0.3, -0.25) is 4.79 Å². The molecule has 0 aliphatic rings. The third-order valence-corrected chi connectivity index (χ3v) is 3.31. The highest BCUT2D eigenvalue weighted by Gasteiger charge is 2.08. The Labute approximate surface area is 127 Å². The number of amides is 1. The van der Waals surface area contributed by atoms with E-state index in [1.807, 2.05) is 36.4 Å². The molecule has 4 heteroatoms. The van der Waals surface area contributed by atoms with Gasteiger partial charge in [0.2, 0.25) is 0 Å². The average molecular weight is 292 g/mol. The number of rotatable bonds is 3. The highest BCUT2D eigenvalue weighted by atomic mass is 19.1. The molecule has 0 aromatic heterocycles. The number of carbonyl (C=O) groups excluding carboxylic acids is 1. The lowest BCUT2D eigenvalue weighted by Gasteiger charge is -2.04. The Balaban J connectivity index is 1.81. The highest BCUT2D eigenvalue weighted by Crippen LogP contribution is 2.18. The zero-order valence-corrected chi connectivity index (χ0v) is 11.7. The number of benzene rings is 3. The van der Waals surface area contributed by atoms with Crippen LogP contribution in [-0.2, 0) is 0 Å². The molecule has 1 amide bonds. The van der Waals surface area contributed by atoms with Crippen LogP contribution >= 0.6 is 0 Å². The average Bonchev–Trinajstić information content (AvgIpc) is 2.56. The molecule has 3 aromatic rings. The normalized spacial score (nSPS) is 11.0. The van der Waals surface area contributed by atoms with Crippen molar-refractivity contribution in [2.75, 3.05) is 0 Å². The van der Waals surface area contributed by atoms with Gasteiger partial charge in [0.05, 0.1) is 6.21 Å². The van der Waals surface area contributed by atoms with Gasteiger partial charge in [-0.1, -0.05) is 54.6 Å². The monoisotopic (exact) mass is 292 g/mol. The van der Waals surface area contributed by atoms with E-state index >= 15 is 0 Å². The summed E-state index contributed by atoms with van der Waals surface area (Å²) in [5, 5.41) is 5.65. The molecule has 0 spiro atoms. The van der Waals surface area contributed by atoms with Crippen LogP contribution in [0.4, 0.5) is 4.39 Å². The number of carbonyl (C=O) groups is 1. The summed E-state index contributed by atoms with van der Waals surface area (Å²) in [7, 11) is 0. The summed E-state index contributed by atoms with van der Waals surface area (Å²) in [5.41, 5.74) is 3.28. The Bertz CT molecular complexity index is 853. The van der Waals surface area contributed by atoms with Crippen LogP contribution in [0.3, 0.4) is 0 Å². The van der Waals surface area contributed by atoms with Crippen molar-refractivity contribution in [1.82, 2.24) is 5.43 Å². The molecule has 0 heterocycles. The molecule has 0 saturated carbocycles. The van der Waals surface area contributed by atoms with Gasteiger partial charge in [0.25, 0.3) is 5.91 Å². The lowest BCUT2D eigenvalue weighted by Crippen LogP contribution is -2.18. The summed E-state index contributed by atoms with van der Waals surface area (Å²) in [4.78, 5) is 12.2. The fourth-order valence-electron chi connectivity index (χ4n) is 2.22. The maximum absolute atomic E-state index is 13.4. The molecular formula is C18H13FN2O. The largest absolute Gasteiger partial charge is 0.271 e. The molecule has 3 aromatic carbocycles. The van der Waals surface area contributed by atoms with E-state index < -0.39 is 0 Å². The van der Waals surface area contributed by atoms with Gasteiger partial charge >= 0.3 is 0 Å². The van der Waals surface area contributed by atoms with Crippen molar-refractivity contribution in [3.05, 3.63) is 83.7 Å². The topological polar surface area (TPSA) is 41.5 Å². The number of nitrogens with zero attached hydrogens (tertiary/aromatic N) is 1. The van der Waals surface area contributed by atoms with Gasteiger partial charge in [-0.2, -0.15) is 5.10 Å². The quantitative estimate of drug-likeness (QED) is 0.580. The van der Waals surface area contributed by atoms with Crippen LogP contribution in [0, 0.1) is 5.82 Å². The van der Waals surface area contributed by atoms with Crippen LogP contribution in [0.5, 0.6) is 0 Å². The van der Waals surface area contributed by atoms with Crippen molar-refractivity contribution in [3.63, 3.8) is 0 Å². The first-order chi connectivity index (χ1) is 10.8. The Morgan fingerprint density at radius 1 is 0.955 bits per heavy atom. The second-order valence-corrected chi connectivity index (χ2v) is 4.75. The molecule has 22 heavy (non-hydrogen) atoms. The molecule has 0 bridgehead atoms. The van der Waals surface area contributed by atoms with E-state index in [4.69, 9.17) is 0 Å². The van der Waals surface area contributed by atoms with Gasteiger partial charge in [0.15, 0.2) is 0 Å². The highest BCUT2D eigenvalue weighted by molar-refractivity contribution is 6.07. The first-order valence-corrected chi connectivity index (χ1v) is 6.81. The van der Waals surface area contributed by atoms with Gasteiger partial charge < -0.3 is 0 Å². The van der Waals surface area contributed by atoms with Crippen molar-refractivity contribution in [3.8, 4) is 0 Å². The Hall–Kier alpha value is -3.01. The molecule has 0 saturated heterocycles. The van der Waals surface area contributed by atoms with Crippen molar-refractivity contribution < 1.29 is 9.18 Å². The van der Waals surface area contributed by atoms with E-state index in [0.717, 1.165) is 10.8 Å². The second kappa shape index (κ2) is 6.18. The van der Waals surface area contributed by atoms with Crippen molar-refractivity contribution in [2.45, 2.75) is 0 Å². The Morgan fingerprint density at radius 2 is 1.68 bits per heavy atom. The zero-order valence-electron chi connectivity index (χ0n) is 11.7. The third kappa shape index (κ3) is 2.86. The summed E-state index contributed by atoms with van der Waals surface area (Å²) < 4.78 is 13.4. The smallest absolute Gasteiger partial charge is 0.267 e. The first-order valence-electron chi connectivity index (χ1n) is 6.81. The second-order valence-electron chi connectivity index (χ2n) is 4.75. The minimum atomic E-state index is -0.384. The zero-order chi connectivity index (χ0) is 15.4. The molecule has 0 fully saturated rings. The molecule has 1 N–H and O–H groups in total. The predicted octanol–water partition coefficient (Wildman–Crippen LogP) is 3.74. The van der Waals surface area contributed by atoms with Crippen molar-refractivity contribution >= 4 is 22.9 Å². The van der Waals surface area contributed by atoms with E-state index in [-0.39, 0.29) is 11.7 Å². The van der Waals surface area contributed by atoms with Gasteiger partial charge in [0, 0.05) is 11.1 Å². The lowest BCUT2D eigenvalue weighted by molar-refractivity contribution is 0.0957. The minimum absolute atomic E-state index is 0.320. The molecule has 0 aliphatic heterocycles. The number of fused-ring (bicyclic) bond motifs is 1. The number of nitrogens with one attached hydrogen (secondary N) is 1. The summed E-state index contributed by atoms with van der Waals surface area (Å²) in [6.45, 7) is 0. The summed E-state index contributed by atoms with van der Waals surface area (Å²) in [6, 6.07) is 19.3. The van der Waals surface area contributed by atoms with Crippen LogP contribution < -0.4 is 5.43 Å². The van der Waals surface area contributed by atoms with E-state index in [0.29, 0.717) is 11.1 Å². The van der Waals surface area contributed by atoms with Crippen LogP contribution in [0.15, 0.2) is 71.8 Å². The fourth-order valence-corrected chi connectivity index (χ4v) is 2.22. The first kappa shape index (κ1) is 13.9. The summed E-state index contributed by atoms with van der Waals surface area (Å²) >= 11 is 0. The predicted molar refractivity (Wildman–Crippen MR) is 85.4 cm³/mol. The summed E-state index contributed by atoms with van der Waals surface area (Å²) in [5.74, 6) is -0.713. The van der Waals surface area contributed by atoms with Crippen LogP contribution in [0.1, 0.15) is 15.9 Å². The lowest BCUT2D eigenvalue weighted by atomic mass is 10.0. The van der Waals surface area contributed by atoms with E-state index in [1.165, 1.54) is 12.3 Å². The van der Waals surface area contributed by atoms with Crippen LogP contribution in [0.2, 0.25) is 0 Å². The maximum Gasteiger partial charge on any atom is 0.271 e. The molecular weight excluding hydrogens is 279 g/mol. The van der Waals surface area contributed by atoms with Gasteiger partial charge in [-0.25, -0.2) is 9.82 Å². The summed E-state index contributed by atoms with van der Waals surface area (Å²) in [6.07, 6.45) is 1.29. The van der Waals surface area contributed by atoms with Crippen molar-refractivity contribution in [2.24, 2.45) is 5.10 Å². The fraction of sp³-hybridized carbons (Fsp3) is 0. The third-order valence-electron chi connectivity index (χ3n) is 3.31. The minimum Gasteiger partial charge on any atom is -0.267 e. The number of hydrogen-bond acceptors (Lipinski definition) is 2. The molecule has 3 rings (SSSR count). The van der Waals surface area contributed by atoms with Gasteiger partial charge in [0.1, 0.15) is 5.82 Å². The van der Waals surface area contributed by atoms with E-state index in [2.05, 4.69) is 10.5 Å². The standard InChI is InChI=1S/C18H13FN2O/c19-17-11-4-2-7-14(17)12-20-21-18(22)16-10-5-8-13-6-1-3-9-15(13)16/h1-12H,(H,21,22). The van der Waals surface area contributed by atoms with Crippen LogP contribution in [0.25, 0.3) is 10.8 Å². The Kier molecular flexibility index (Phi) is 3.92.